The molecule has 2 rings (SSSR count). The highest BCUT2D eigenvalue weighted by atomic mass is 16.5. The Morgan fingerprint density at radius 1 is 1.10 bits per heavy atom. The van der Waals surface area contributed by atoms with Gasteiger partial charge in [0.05, 0.1) is 13.7 Å². The van der Waals surface area contributed by atoms with Crippen LogP contribution in [0.1, 0.15) is 63.1 Å². The van der Waals surface area contributed by atoms with E-state index in [1.165, 1.54) is 0 Å². The summed E-state index contributed by atoms with van der Waals surface area (Å²) in [4.78, 5) is 13.0. The Balaban J connectivity index is 2.40. The highest BCUT2D eigenvalue weighted by Gasteiger charge is 2.18. The Labute approximate surface area is 179 Å². The fraction of sp³-hybridized carbons (Fsp3) is 0.360. The van der Waals surface area contributed by atoms with Crippen LogP contribution in [0.4, 0.5) is 5.69 Å². The van der Waals surface area contributed by atoms with Gasteiger partial charge in [-0.2, -0.15) is 5.26 Å². The number of hydrogen-bond acceptors (Lipinski definition) is 4. The molecule has 0 spiro atoms. The molecular weight excluding hydrogens is 376 g/mol. The van der Waals surface area contributed by atoms with Crippen LogP contribution in [0.5, 0.6) is 11.5 Å². The van der Waals surface area contributed by atoms with Gasteiger partial charge < -0.3 is 14.8 Å². The third kappa shape index (κ3) is 5.42. The maximum Gasteiger partial charge on any atom is 0.266 e. The van der Waals surface area contributed by atoms with Crippen molar-refractivity contribution in [3.63, 3.8) is 0 Å². The van der Waals surface area contributed by atoms with Crippen molar-refractivity contribution in [2.24, 2.45) is 0 Å². The van der Waals surface area contributed by atoms with Crippen molar-refractivity contribution in [1.29, 1.82) is 5.26 Å². The molecule has 0 saturated carbocycles. The van der Waals surface area contributed by atoms with Crippen molar-refractivity contribution < 1.29 is 14.3 Å². The Bertz CT molecular complexity index is 943. The second-order valence-electron chi connectivity index (χ2n) is 7.59. The topological polar surface area (TPSA) is 71.3 Å². The van der Waals surface area contributed by atoms with E-state index in [4.69, 9.17) is 9.47 Å². The van der Waals surface area contributed by atoms with Crippen molar-refractivity contribution in [1.82, 2.24) is 0 Å². The number of rotatable bonds is 8. The monoisotopic (exact) mass is 406 g/mol. The maximum absolute atomic E-state index is 13.0. The number of benzene rings is 2. The lowest BCUT2D eigenvalue weighted by Gasteiger charge is -2.20. The smallest absolute Gasteiger partial charge is 0.266 e. The van der Waals surface area contributed by atoms with Gasteiger partial charge in [0, 0.05) is 5.69 Å². The number of nitrogens with one attached hydrogen (secondary N) is 1. The summed E-state index contributed by atoms with van der Waals surface area (Å²) in [5.74, 6) is 1.22. The summed E-state index contributed by atoms with van der Waals surface area (Å²) in [5.41, 5.74) is 3.60. The molecule has 0 bridgehead atoms. The van der Waals surface area contributed by atoms with Gasteiger partial charge in [-0.15, -0.1) is 0 Å². The molecule has 0 fully saturated rings. The van der Waals surface area contributed by atoms with Crippen LogP contribution < -0.4 is 14.8 Å². The average Bonchev–Trinajstić information content (AvgIpc) is 2.72. The first-order valence-electron chi connectivity index (χ1n) is 10.2. The average molecular weight is 407 g/mol. The Kier molecular flexibility index (Phi) is 8.06. The summed E-state index contributed by atoms with van der Waals surface area (Å²) in [7, 11) is 1.56. The number of para-hydroxylation sites is 1. The van der Waals surface area contributed by atoms with E-state index >= 15 is 0 Å². The van der Waals surface area contributed by atoms with E-state index in [0.29, 0.717) is 23.7 Å². The van der Waals surface area contributed by atoms with Crippen LogP contribution in [-0.2, 0) is 4.79 Å². The zero-order valence-electron chi connectivity index (χ0n) is 18.6. The largest absolute Gasteiger partial charge is 0.493 e. The van der Waals surface area contributed by atoms with E-state index in [-0.39, 0.29) is 17.4 Å². The third-order valence-electron chi connectivity index (χ3n) is 4.78. The predicted molar refractivity (Wildman–Crippen MR) is 121 cm³/mol. The lowest BCUT2D eigenvalue weighted by molar-refractivity contribution is -0.112. The fourth-order valence-corrected chi connectivity index (χ4v) is 3.24. The minimum Gasteiger partial charge on any atom is -0.493 e. The van der Waals surface area contributed by atoms with Gasteiger partial charge in [0.2, 0.25) is 0 Å². The van der Waals surface area contributed by atoms with Crippen molar-refractivity contribution in [2.75, 3.05) is 19.0 Å². The molecule has 158 valence electrons. The molecule has 0 aliphatic heterocycles. The number of hydrogen-bond donors (Lipinski definition) is 1. The van der Waals surface area contributed by atoms with E-state index in [1.54, 1.807) is 31.4 Å². The molecule has 0 atom stereocenters. The van der Waals surface area contributed by atoms with Crippen LogP contribution in [0.3, 0.4) is 0 Å². The van der Waals surface area contributed by atoms with E-state index < -0.39 is 5.91 Å². The van der Waals surface area contributed by atoms with Crippen LogP contribution in [0.2, 0.25) is 0 Å². The second kappa shape index (κ2) is 10.5. The number of methoxy groups -OCH3 is 1. The van der Waals surface area contributed by atoms with Gasteiger partial charge in [-0.1, -0.05) is 52.0 Å². The van der Waals surface area contributed by atoms with Crippen molar-refractivity contribution >= 4 is 17.7 Å². The fourth-order valence-electron chi connectivity index (χ4n) is 3.24. The van der Waals surface area contributed by atoms with Crippen LogP contribution in [0, 0.1) is 11.3 Å². The van der Waals surface area contributed by atoms with Gasteiger partial charge in [0.1, 0.15) is 11.6 Å². The summed E-state index contributed by atoms with van der Waals surface area (Å²) in [6.45, 7) is 10.8. The number of carbonyl (C=O) groups excluding carboxylic acids is 1. The Hall–Kier alpha value is -3.26. The number of ether oxygens (including phenoxy) is 2. The molecule has 0 heterocycles. The molecule has 0 unspecified atom stereocenters. The first kappa shape index (κ1) is 23.0. The van der Waals surface area contributed by atoms with Crippen LogP contribution >= 0.6 is 0 Å². The summed E-state index contributed by atoms with van der Waals surface area (Å²) in [6, 6.07) is 13.4. The Morgan fingerprint density at radius 2 is 1.73 bits per heavy atom. The van der Waals surface area contributed by atoms with E-state index in [2.05, 4.69) is 33.0 Å². The Morgan fingerprint density at radius 3 is 2.23 bits per heavy atom. The number of carbonyl (C=O) groups is 1. The predicted octanol–water partition coefficient (Wildman–Crippen LogP) is 5.89. The molecule has 1 amide bonds. The van der Waals surface area contributed by atoms with Gasteiger partial charge in [-0.3, -0.25) is 4.79 Å². The lowest BCUT2D eigenvalue weighted by Crippen LogP contribution is -2.17. The van der Waals surface area contributed by atoms with Gasteiger partial charge in [-0.05, 0) is 53.7 Å². The van der Waals surface area contributed by atoms with E-state index in [9.17, 15) is 10.1 Å². The molecule has 2 aromatic rings. The number of nitriles is 1. The molecular formula is C25H30N2O3. The molecule has 5 nitrogen and oxygen atoms in total. The molecule has 0 aromatic heterocycles. The van der Waals surface area contributed by atoms with Crippen LogP contribution in [0.15, 0.2) is 42.0 Å². The molecule has 0 aliphatic carbocycles. The van der Waals surface area contributed by atoms with E-state index in [1.807, 2.05) is 31.2 Å². The van der Waals surface area contributed by atoms with Gasteiger partial charge in [0.25, 0.3) is 5.91 Å². The summed E-state index contributed by atoms with van der Waals surface area (Å²) in [5, 5.41) is 12.6. The highest BCUT2D eigenvalue weighted by Crippen LogP contribution is 2.33. The highest BCUT2D eigenvalue weighted by molar-refractivity contribution is 6.10. The number of nitrogens with zero attached hydrogens (tertiary/aromatic N) is 1. The first-order valence-corrected chi connectivity index (χ1v) is 10.2. The zero-order valence-corrected chi connectivity index (χ0v) is 18.6. The normalized spacial score (nSPS) is 11.4. The quantitative estimate of drug-likeness (QED) is 0.438. The van der Waals surface area contributed by atoms with Crippen LogP contribution in [-0.4, -0.2) is 19.6 Å². The summed E-state index contributed by atoms with van der Waals surface area (Å²) >= 11 is 0. The third-order valence-corrected chi connectivity index (χ3v) is 4.78. The molecule has 0 radical (unpaired) electrons. The van der Waals surface area contributed by atoms with Gasteiger partial charge in [0.15, 0.2) is 11.5 Å². The molecule has 30 heavy (non-hydrogen) atoms. The standard InChI is InChI=1S/C25H30N2O3/c1-7-30-22-12-11-18(14-23(22)29-6)13-19(15-26)25(28)27-24-20(16(2)3)9-8-10-21(24)17(4)5/h8-14,16-17H,7H2,1-6H3,(H,27,28)/b19-13+. The minimum absolute atomic E-state index is 0.0227. The van der Waals surface area contributed by atoms with E-state index in [0.717, 1.165) is 16.8 Å². The van der Waals surface area contributed by atoms with Crippen molar-refractivity contribution in [3.8, 4) is 17.6 Å². The minimum atomic E-state index is -0.430. The van der Waals surface area contributed by atoms with Crippen molar-refractivity contribution in [3.05, 3.63) is 58.7 Å². The summed E-state index contributed by atoms with van der Waals surface area (Å²) in [6.07, 6.45) is 1.56. The SMILES string of the molecule is CCOc1ccc(/C=C(\C#N)C(=O)Nc2c(C(C)C)cccc2C(C)C)cc1OC. The van der Waals surface area contributed by atoms with Crippen LogP contribution in [0.25, 0.3) is 6.08 Å². The zero-order chi connectivity index (χ0) is 22.3. The molecule has 0 aliphatic rings. The summed E-state index contributed by atoms with van der Waals surface area (Å²) < 4.78 is 10.9. The molecule has 0 saturated heterocycles. The maximum atomic E-state index is 13.0. The number of amides is 1. The first-order chi connectivity index (χ1) is 14.3. The molecule has 5 heteroatoms. The number of anilines is 1. The lowest BCUT2D eigenvalue weighted by atomic mass is 9.92. The van der Waals surface area contributed by atoms with Crippen molar-refractivity contribution in [2.45, 2.75) is 46.5 Å². The van der Waals surface area contributed by atoms with Gasteiger partial charge in [-0.25, -0.2) is 0 Å². The molecule has 1 N–H and O–H groups in total. The second-order valence-corrected chi connectivity index (χ2v) is 7.59. The molecule has 2 aromatic carbocycles. The van der Waals surface area contributed by atoms with Gasteiger partial charge >= 0.3 is 0 Å².